The number of nitrogens with one attached hydrogen (secondary N) is 1. The van der Waals surface area contributed by atoms with Crippen molar-refractivity contribution in [3.8, 4) is 0 Å². The molecule has 0 fully saturated rings. The van der Waals surface area contributed by atoms with E-state index in [1.165, 1.54) is 22.2 Å². The maximum absolute atomic E-state index is 12.2. The summed E-state index contributed by atoms with van der Waals surface area (Å²) in [5.41, 5.74) is 6.95. The molecule has 1 aliphatic rings. The Morgan fingerprint density at radius 2 is 1.82 bits per heavy atom. The number of fused-ring (bicyclic) bond motifs is 2. The van der Waals surface area contributed by atoms with Gasteiger partial charge in [-0.2, -0.15) is 0 Å². The molecule has 0 saturated heterocycles. The van der Waals surface area contributed by atoms with Gasteiger partial charge in [0.05, 0.1) is 5.52 Å². The van der Waals surface area contributed by atoms with Gasteiger partial charge in [-0.05, 0) is 69.7 Å². The molecule has 3 rings (SSSR count). The van der Waals surface area contributed by atoms with Crippen LogP contribution in [-0.4, -0.2) is 17.6 Å². The molecule has 0 radical (unpaired) electrons. The third-order valence-electron chi connectivity index (χ3n) is 5.70. The van der Waals surface area contributed by atoms with Crippen molar-refractivity contribution in [2.75, 3.05) is 11.9 Å². The van der Waals surface area contributed by atoms with E-state index in [0.717, 1.165) is 23.1 Å². The minimum absolute atomic E-state index is 0.0267. The van der Waals surface area contributed by atoms with Crippen LogP contribution in [0.3, 0.4) is 0 Å². The second-order valence-corrected chi connectivity index (χ2v) is 7.54. The number of aromatic nitrogens is 1. The third kappa shape index (κ3) is 1.91. The van der Waals surface area contributed by atoms with Crippen LogP contribution in [0.4, 0.5) is 5.69 Å². The van der Waals surface area contributed by atoms with Crippen LogP contribution in [0.15, 0.2) is 10.9 Å². The Balaban J connectivity index is 2.45. The molecule has 0 spiro atoms. The van der Waals surface area contributed by atoms with Crippen molar-refractivity contribution < 1.29 is 0 Å². The van der Waals surface area contributed by atoms with Crippen LogP contribution in [-0.2, 0) is 0 Å². The van der Waals surface area contributed by atoms with Crippen molar-refractivity contribution in [3.05, 3.63) is 38.7 Å². The zero-order chi connectivity index (χ0) is 16.4. The standard InChI is InChI=1S/C19H26N2O/c1-10-9-19(5,6)21(7)17-13(4)16-15(8-14(10)17)11(2)12(3)18(22)20-16/h8,10H,9H2,1-7H3,(H,20,22). The monoisotopic (exact) mass is 298 g/mol. The Hall–Kier alpha value is -1.77. The van der Waals surface area contributed by atoms with Crippen molar-refractivity contribution in [2.45, 2.75) is 59.4 Å². The lowest BCUT2D eigenvalue weighted by molar-refractivity contribution is 0.395. The van der Waals surface area contributed by atoms with Crippen LogP contribution in [0.2, 0.25) is 0 Å². The van der Waals surface area contributed by atoms with Gasteiger partial charge >= 0.3 is 0 Å². The number of rotatable bonds is 0. The van der Waals surface area contributed by atoms with E-state index in [9.17, 15) is 4.79 Å². The Morgan fingerprint density at radius 1 is 1.18 bits per heavy atom. The van der Waals surface area contributed by atoms with Gasteiger partial charge in [0.1, 0.15) is 0 Å². The molecule has 1 atom stereocenters. The normalized spacial score (nSPS) is 20.3. The molecule has 2 heterocycles. The summed E-state index contributed by atoms with van der Waals surface area (Å²) in [5, 5.41) is 1.19. The molecular formula is C19H26N2O. The van der Waals surface area contributed by atoms with E-state index >= 15 is 0 Å². The lowest BCUT2D eigenvalue weighted by atomic mass is 9.78. The van der Waals surface area contributed by atoms with Gasteiger partial charge in [0.2, 0.25) is 0 Å². The predicted molar refractivity (Wildman–Crippen MR) is 94.3 cm³/mol. The van der Waals surface area contributed by atoms with Crippen LogP contribution in [0.5, 0.6) is 0 Å². The Bertz CT molecular complexity index is 830. The van der Waals surface area contributed by atoms with Gasteiger partial charge in [-0.25, -0.2) is 0 Å². The molecule has 0 bridgehead atoms. The largest absolute Gasteiger partial charge is 0.369 e. The van der Waals surface area contributed by atoms with Crippen LogP contribution in [0, 0.1) is 20.8 Å². The maximum Gasteiger partial charge on any atom is 0.251 e. The number of aryl methyl sites for hydroxylation is 2. The summed E-state index contributed by atoms with van der Waals surface area (Å²) in [5.74, 6) is 0.524. The highest BCUT2D eigenvalue weighted by Gasteiger charge is 2.35. The van der Waals surface area contributed by atoms with Gasteiger partial charge in [0, 0.05) is 29.2 Å². The molecule has 22 heavy (non-hydrogen) atoms. The Morgan fingerprint density at radius 3 is 2.45 bits per heavy atom. The number of hydrogen-bond donors (Lipinski definition) is 1. The summed E-state index contributed by atoms with van der Waals surface area (Å²) in [6, 6.07) is 2.30. The summed E-state index contributed by atoms with van der Waals surface area (Å²) in [7, 11) is 2.17. The molecule has 1 N–H and O–H groups in total. The van der Waals surface area contributed by atoms with Gasteiger partial charge < -0.3 is 9.88 Å². The second kappa shape index (κ2) is 4.61. The number of anilines is 1. The summed E-state index contributed by atoms with van der Waals surface area (Å²) in [6.45, 7) is 13.0. The summed E-state index contributed by atoms with van der Waals surface area (Å²) in [6.07, 6.45) is 1.14. The van der Waals surface area contributed by atoms with E-state index in [4.69, 9.17) is 0 Å². The molecule has 118 valence electrons. The zero-order valence-electron chi connectivity index (χ0n) is 14.7. The summed E-state index contributed by atoms with van der Waals surface area (Å²) >= 11 is 0. The fourth-order valence-electron chi connectivity index (χ4n) is 3.99. The first kappa shape index (κ1) is 15.1. The first-order chi connectivity index (χ1) is 10.1. The average Bonchev–Trinajstić information content (AvgIpc) is 2.43. The van der Waals surface area contributed by atoms with Gasteiger partial charge in [-0.3, -0.25) is 4.79 Å². The smallest absolute Gasteiger partial charge is 0.251 e. The minimum Gasteiger partial charge on any atom is -0.369 e. The molecular weight excluding hydrogens is 272 g/mol. The SMILES string of the molecule is Cc1c(C)c2cc3c(c(C)c2[nH]c1=O)N(C)C(C)(C)CC3C. The molecule has 1 unspecified atom stereocenters. The fraction of sp³-hybridized carbons (Fsp3) is 0.526. The number of benzene rings is 1. The van der Waals surface area contributed by atoms with E-state index in [1.807, 2.05) is 6.92 Å². The molecule has 2 aromatic rings. The number of hydrogen-bond acceptors (Lipinski definition) is 2. The van der Waals surface area contributed by atoms with Crippen LogP contribution in [0.25, 0.3) is 10.9 Å². The first-order valence-corrected chi connectivity index (χ1v) is 8.05. The Labute approximate surface area is 132 Å². The highest BCUT2D eigenvalue weighted by atomic mass is 16.1. The number of H-pyrrole nitrogens is 1. The summed E-state index contributed by atoms with van der Waals surface area (Å²) < 4.78 is 0. The third-order valence-corrected chi connectivity index (χ3v) is 5.70. The van der Waals surface area contributed by atoms with Gasteiger partial charge in [-0.15, -0.1) is 0 Å². The van der Waals surface area contributed by atoms with Crippen molar-refractivity contribution in [1.29, 1.82) is 0 Å². The number of aromatic amines is 1. The van der Waals surface area contributed by atoms with E-state index in [0.29, 0.717) is 5.92 Å². The molecule has 1 aromatic carbocycles. The van der Waals surface area contributed by atoms with Crippen molar-refractivity contribution >= 4 is 16.6 Å². The topological polar surface area (TPSA) is 36.1 Å². The molecule has 1 aliphatic heterocycles. The highest BCUT2D eigenvalue weighted by Crippen LogP contribution is 2.46. The average molecular weight is 298 g/mol. The van der Waals surface area contributed by atoms with E-state index < -0.39 is 0 Å². The van der Waals surface area contributed by atoms with Crippen LogP contribution < -0.4 is 10.5 Å². The molecule has 0 saturated carbocycles. The fourth-order valence-corrected chi connectivity index (χ4v) is 3.99. The highest BCUT2D eigenvalue weighted by molar-refractivity contribution is 5.92. The molecule has 3 nitrogen and oxygen atoms in total. The number of nitrogens with zero attached hydrogens (tertiary/aromatic N) is 1. The van der Waals surface area contributed by atoms with Crippen molar-refractivity contribution in [3.63, 3.8) is 0 Å². The number of pyridine rings is 1. The predicted octanol–water partition coefficient (Wildman–Crippen LogP) is 4.18. The molecule has 1 aromatic heterocycles. The van der Waals surface area contributed by atoms with Crippen molar-refractivity contribution in [1.82, 2.24) is 4.98 Å². The van der Waals surface area contributed by atoms with E-state index in [1.54, 1.807) is 0 Å². The van der Waals surface area contributed by atoms with Gasteiger partial charge in [0.15, 0.2) is 0 Å². The van der Waals surface area contributed by atoms with E-state index in [-0.39, 0.29) is 11.1 Å². The quantitative estimate of drug-likeness (QED) is 0.792. The molecule has 0 aliphatic carbocycles. The Kier molecular flexibility index (Phi) is 3.17. The molecule has 3 heteroatoms. The van der Waals surface area contributed by atoms with Crippen LogP contribution in [0.1, 0.15) is 55.4 Å². The second-order valence-electron chi connectivity index (χ2n) is 7.54. The lowest BCUT2D eigenvalue weighted by Crippen LogP contribution is -2.46. The molecule has 0 amide bonds. The van der Waals surface area contributed by atoms with Crippen molar-refractivity contribution in [2.24, 2.45) is 0 Å². The van der Waals surface area contributed by atoms with Gasteiger partial charge in [0.25, 0.3) is 5.56 Å². The minimum atomic E-state index is 0.0267. The van der Waals surface area contributed by atoms with Crippen LogP contribution >= 0.6 is 0 Å². The lowest BCUT2D eigenvalue weighted by Gasteiger charge is -2.46. The summed E-state index contributed by atoms with van der Waals surface area (Å²) in [4.78, 5) is 17.7. The van der Waals surface area contributed by atoms with Gasteiger partial charge in [-0.1, -0.05) is 6.92 Å². The first-order valence-electron chi connectivity index (χ1n) is 8.05. The zero-order valence-corrected chi connectivity index (χ0v) is 14.7. The van der Waals surface area contributed by atoms with E-state index in [2.05, 4.69) is 57.6 Å². The maximum atomic E-state index is 12.2.